The van der Waals surface area contributed by atoms with Gasteiger partial charge in [0.25, 0.3) is 0 Å². The Hall–Kier alpha value is -2.61. The van der Waals surface area contributed by atoms with E-state index >= 15 is 0 Å². The van der Waals surface area contributed by atoms with E-state index in [1.807, 2.05) is 11.4 Å². The van der Waals surface area contributed by atoms with Crippen molar-refractivity contribution in [3.8, 4) is 0 Å². The Labute approximate surface area is 144 Å². The quantitative estimate of drug-likeness (QED) is 0.697. The number of aromatic nitrogens is 6. The minimum absolute atomic E-state index is 0.310. The van der Waals surface area contributed by atoms with Crippen LogP contribution in [0.25, 0.3) is 5.52 Å². The number of ether oxygens (including phenoxy) is 1. The standard InChI is InChI=1S/C17H19N7O/c1-11-22-15(12-3-7-25-9-12)16-17(20-10-21-24(11)16)23-6-2-13-14(8-23)19-5-4-18-13/h4-5,10,12H,2-3,6-9H2,1H3/t12-/m1/s1. The third-order valence-electron chi connectivity index (χ3n) is 5.04. The molecule has 0 aliphatic carbocycles. The summed E-state index contributed by atoms with van der Waals surface area (Å²) in [6.45, 7) is 5.07. The highest BCUT2D eigenvalue weighted by atomic mass is 16.5. The van der Waals surface area contributed by atoms with Gasteiger partial charge in [0, 0.05) is 37.9 Å². The second-order valence-corrected chi connectivity index (χ2v) is 6.57. The van der Waals surface area contributed by atoms with Crippen LogP contribution in [-0.2, 0) is 17.7 Å². The first-order valence-corrected chi connectivity index (χ1v) is 8.63. The predicted molar refractivity (Wildman–Crippen MR) is 90.5 cm³/mol. The Kier molecular flexibility index (Phi) is 3.37. The Bertz CT molecular complexity index is 932. The van der Waals surface area contributed by atoms with Crippen molar-refractivity contribution < 1.29 is 4.74 Å². The van der Waals surface area contributed by atoms with E-state index in [0.717, 1.165) is 66.8 Å². The van der Waals surface area contributed by atoms with Crippen molar-refractivity contribution in [1.29, 1.82) is 0 Å². The molecule has 5 rings (SSSR count). The molecule has 0 amide bonds. The zero-order valence-corrected chi connectivity index (χ0v) is 14.1. The van der Waals surface area contributed by atoms with Crippen LogP contribution in [0.5, 0.6) is 0 Å². The molecule has 0 radical (unpaired) electrons. The smallest absolute Gasteiger partial charge is 0.158 e. The van der Waals surface area contributed by atoms with Crippen LogP contribution in [0.1, 0.15) is 35.2 Å². The topological polar surface area (TPSA) is 81.3 Å². The second kappa shape index (κ2) is 5.73. The molecule has 2 aliphatic rings. The van der Waals surface area contributed by atoms with Crippen molar-refractivity contribution in [1.82, 2.24) is 29.5 Å². The number of rotatable bonds is 2. The third kappa shape index (κ3) is 2.36. The van der Waals surface area contributed by atoms with Crippen molar-refractivity contribution in [3.63, 3.8) is 0 Å². The number of anilines is 1. The van der Waals surface area contributed by atoms with Crippen molar-refractivity contribution in [2.45, 2.75) is 32.2 Å². The SMILES string of the molecule is Cc1nc([C@@H]2CCOC2)c2c(N3CCc4nccnc4C3)ncnn12. The highest BCUT2D eigenvalue weighted by Gasteiger charge is 2.29. The number of fused-ring (bicyclic) bond motifs is 2. The highest BCUT2D eigenvalue weighted by Crippen LogP contribution is 2.33. The fourth-order valence-electron chi connectivity index (χ4n) is 3.77. The minimum atomic E-state index is 0.310. The van der Waals surface area contributed by atoms with Gasteiger partial charge < -0.3 is 9.64 Å². The van der Waals surface area contributed by atoms with Crippen LogP contribution in [0, 0.1) is 6.92 Å². The lowest BCUT2D eigenvalue weighted by Crippen LogP contribution is -2.33. The molecule has 0 unspecified atom stereocenters. The molecule has 25 heavy (non-hydrogen) atoms. The second-order valence-electron chi connectivity index (χ2n) is 6.57. The lowest BCUT2D eigenvalue weighted by Gasteiger charge is -2.28. The van der Waals surface area contributed by atoms with E-state index in [2.05, 4.69) is 25.0 Å². The van der Waals surface area contributed by atoms with E-state index < -0.39 is 0 Å². The van der Waals surface area contributed by atoms with Gasteiger partial charge in [0.1, 0.15) is 17.7 Å². The molecule has 0 saturated carbocycles. The van der Waals surface area contributed by atoms with Gasteiger partial charge in [0.2, 0.25) is 0 Å². The number of hydrogen-bond donors (Lipinski definition) is 0. The molecular weight excluding hydrogens is 318 g/mol. The summed E-state index contributed by atoms with van der Waals surface area (Å²) >= 11 is 0. The van der Waals surface area contributed by atoms with Crippen molar-refractivity contribution in [2.75, 3.05) is 24.7 Å². The van der Waals surface area contributed by atoms with Gasteiger partial charge in [-0.15, -0.1) is 0 Å². The van der Waals surface area contributed by atoms with Gasteiger partial charge in [-0.05, 0) is 13.3 Å². The fraction of sp³-hybridized carbons (Fsp3) is 0.471. The van der Waals surface area contributed by atoms with Crippen molar-refractivity contribution in [3.05, 3.63) is 41.6 Å². The zero-order chi connectivity index (χ0) is 16.8. The molecule has 1 atom stereocenters. The number of hydrogen-bond acceptors (Lipinski definition) is 7. The maximum atomic E-state index is 5.58. The largest absolute Gasteiger partial charge is 0.381 e. The van der Waals surface area contributed by atoms with E-state index in [4.69, 9.17) is 9.72 Å². The normalized spacial score (nSPS) is 20.2. The molecule has 0 spiro atoms. The monoisotopic (exact) mass is 337 g/mol. The molecule has 0 aromatic carbocycles. The first kappa shape index (κ1) is 14.7. The molecule has 0 bridgehead atoms. The number of nitrogens with zero attached hydrogens (tertiary/aromatic N) is 7. The molecule has 1 fully saturated rings. The lowest BCUT2D eigenvalue weighted by molar-refractivity contribution is 0.193. The first-order valence-electron chi connectivity index (χ1n) is 8.63. The first-order chi connectivity index (χ1) is 12.3. The van der Waals surface area contributed by atoms with Crippen molar-refractivity contribution in [2.24, 2.45) is 0 Å². The lowest BCUT2D eigenvalue weighted by atomic mass is 10.0. The van der Waals surface area contributed by atoms with Crippen LogP contribution in [-0.4, -0.2) is 49.3 Å². The van der Waals surface area contributed by atoms with Crippen LogP contribution in [0.2, 0.25) is 0 Å². The maximum absolute atomic E-state index is 5.58. The average Bonchev–Trinajstić information content (AvgIpc) is 3.29. The van der Waals surface area contributed by atoms with Crippen LogP contribution < -0.4 is 4.90 Å². The summed E-state index contributed by atoms with van der Waals surface area (Å²) in [5.74, 6) is 2.12. The van der Waals surface area contributed by atoms with Crippen molar-refractivity contribution >= 4 is 11.3 Å². The molecule has 5 heterocycles. The average molecular weight is 337 g/mol. The molecule has 128 valence electrons. The summed E-state index contributed by atoms with van der Waals surface area (Å²) in [7, 11) is 0. The predicted octanol–water partition coefficient (Wildman–Crippen LogP) is 1.29. The Morgan fingerprint density at radius 3 is 2.88 bits per heavy atom. The van der Waals surface area contributed by atoms with Gasteiger partial charge in [-0.3, -0.25) is 9.97 Å². The van der Waals surface area contributed by atoms with E-state index in [1.54, 1.807) is 18.7 Å². The van der Waals surface area contributed by atoms with E-state index in [-0.39, 0.29) is 0 Å². The fourth-order valence-corrected chi connectivity index (χ4v) is 3.77. The van der Waals surface area contributed by atoms with Gasteiger partial charge in [0.05, 0.1) is 30.2 Å². The molecular formula is C17H19N7O. The number of imidazole rings is 1. The van der Waals surface area contributed by atoms with Gasteiger partial charge in [0.15, 0.2) is 5.82 Å². The molecule has 2 aliphatic heterocycles. The highest BCUT2D eigenvalue weighted by molar-refractivity contribution is 5.73. The maximum Gasteiger partial charge on any atom is 0.158 e. The van der Waals surface area contributed by atoms with E-state index in [1.165, 1.54) is 0 Å². The Balaban J connectivity index is 1.62. The molecule has 8 nitrogen and oxygen atoms in total. The summed E-state index contributed by atoms with van der Waals surface area (Å²) in [4.78, 5) is 20.6. The number of aryl methyl sites for hydroxylation is 1. The summed E-state index contributed by atoms with van der Waals surface area (Å²) < 4.78 is 7.48. The molecule has 3 aromatic rings. The van der Waals surface area contributed by atoms with Crippen LogP contribution in [0.3, 0.4) is 0 Å². The van der Waals surface area contributed by atoms with Gasteiger partial charge in [-0.2, -0.15) is 5.10 Å². The zero-order valence-electron chi connectivity index (χ0n) is 14.1. The van der Waals surface area contributed by atoms with Crippen LogP contribution in [0.15, 0.2) is 18.7 Å². The molecule has 0 N–H and O–H groups in total. The van der Waals surface area contributed by atoms with Gasteiger partial charge >= 0.3 is 0 Å². The third-order valence-corrected chi connectivity index (χ3v) is 5.04. The molecule has 8 heteroatoms. The van der Waals surface area contributed by atoms with Gasteiger partial charge in [-0.1, -0.05) is 0 Å². The summed E-state index contributed by atoms with van der Waals surface area (Å²) in [5.41, 5.74) is 4.16. The Morgan fingerprint density at radius 2 is 2.04 bits per heavy atom. The molecule has 1 saturated heterocycles. The minimum Gasteiger partial charge on any atom is -0.381 e. The summed E-state index contributed by atoms with van der Waals surface area (Å²) in [6, 6.07) is 0. The van der Waals surface area contributed by atoms with Crippen LogP contribution >= 0.6 is 0 Å². The van der Waals surface area contributed by atoms with E-state index in [0.29, 0.717) is 12.5 Å². The van der Waals surface area contributed by atoms with Gasteiger partial charge in [-0.25, -0.2) is 14.5 Å². The molecule has 3 aromatic heterocycles. The summed E-state index contributed by atoms with van der Waals surface area (Å²) in [5, 5.41) is 4.42. The Morgan fingerprint density at radius 1 is 1.16 bits per heavy atom. The van der Waals surface area contributed by atoms with Crippen LogP contribution in [0.4, 0.5) is 5.82 Å². The summed E-state index contributed by atoms with van der Waals surface area (Å²) in [6.07, 6.45) is 6.99. The van der Waals surface area contributed by atoms with E-state index in [9.17, 15) is 0 Å².